The average molecular weight is 316 g/mol. The number of carbonyl (C=O) groups is 1. The highest BCUT2D eigenvalue weighted by Crippen LogP contribution is 2.22. The van der Waals surface area contributed by atoms with Crippen LogP contribution in [0.5, 0.6) is 0 Å². The number of hydrogen-bond donors (Lipinski definition) is 0. The van der Waals surface area contributed by atoms with Crippen LogP contribution in [0.2, 0.25) is 0 Å². The van der Waals surface area contributed by atoms with Crippen molar-refractivity contribution >= 4 is 17.7 Å². The van der Waals surface area contributed by atoms with Gasteiger partial charge in [-0.05, 0) is 35.9 Å². The number of carbonyl (C=O) groups excluding carboxylic acids is 1. The molecule has 0 spiro atoms. The van der Waals surface area contributed by atoms with E-state index in [-0.39, 0.29) is 5.97 Å². The summed E-state index contributed by atoms with van der Waals surface area (Å²) < 4.78 is 4.64. The van der Waals surface area contributed by atoms with Crippen molar-refractivity contribution in [2.45, 2.75) is 31.1 Å². The molecule has 0 aliphatic rings. The summed E-state index contributed by atoms with van der Waals surface area (Å²) in [6.45, 7) is 2.13. The minimum atomic E-state index is -0.196. The van der Waals surface area contributed by atoms with Crippen molar-refractivity contribution in [2.24, 2.45) is 0 Å². The SMILES string of the molecule is CCSc1cccnc1Cc1ccc(CCC(=O)OC)cn1. The first-order valence-corrected chi connectivity index (χ1v) is 8.28. The van der Waals surface area contributed by atoms with Crippen LogP contribution in [0, 0.1) is 0 Å². The lowest BCUT2D eigenvalue weighted by Gasteiger charge is -2.07. The van der Waals surface area contributed by atoms with Crippen LogP contribution in [0.25, 0.3) is 0 Å². The zero-order valence-corrected chi connectivity index (χ0v) is 13.7. The molecule has 0 fully saturated rings. The van der Waals surface area contributed by atoms with Gasteiger partial charge < -0.3 is 4.74 Å². The maximum Gasteiger partial charge on any atom is 0.305 e. The minimum absolute atomic E-state index is 0.196. The molecule has 0 aliphatic heterocycles. The molecule has 0 bridgehead atoms. The second-order valence-electron chi connectivity index (χ2n) is 4.79. The summed E-state index contributed by atoms with van der Waals surface area (Å²) in [5, 5.41) is 0. The largest absolute Gasteiger partial charge is 0.469 e. The molecule has 2 aromatic rings. The minimum Gasteiger partial charge on any atom is -0.469 e. The quantitative estimate of drug-likeness (QED) is 0.579. The summed E-state index contributed by atoms with van der Waals surface area (Å²) in [7, 11) is 1.41. The van der Waals surface area contributed by atoms with E-state index in [1.807, 2.05) is 30.6 Å². The molecular formula is C17H20N2O2S. The lowest BCUT2D eigenvalue weighted by molar-refractivity contribution is -0.140. The molecule has 0 atom stereocenters. The molecule has 0 radical (unpaired) electrons. The second kappa shape index (κ2) is 8.54. The Morgan fingerprint density at radius 1 is 1.27 bits per heavy atom. The fourth-order valence-corrected chi connectivity index (χ4v) is 2.85. The molecule has 5 heteroatoms. The number of hydrogen-bond acceptors (Lipinski definition) is 5. The molecule has 0 aromatic carbocycles. The van der Waals surface area contributed by atoms with Gasteiger partial charge in [0, 0.05) is 35.8 Å². The van der Waals surface area contributed by atoms with Crippen molar-refractivity contribution in [1.82, 2.24) is 9.97 Å². The van der Waals surface area contributed by atoms with Crippen molar-refractivity contribution in [3.05, 3.63) is 53.6 Å². The Morgan fingerprint density at radius 2 is 2.14 bits per heavy atom. The Kier molecular flexibility index (Phi) is 6.40. The van der Waals surface area contributed by atoms with E-state index in [4.69, 9.17) is 0 Å². The van der Waals surface area contributed by atoms with Crippen LogP contribution >= 0.6 is 11.8 Å². The van der Waals surface area contributed by atoms with Crippen molar-refractivity contribution < 1.29 is 9.53 Å². The number of aromatic nitrogens is 2. The molecule has 0 aliphatic carbocycles. The first kappa shape index (κ1) is 16.5. The maximum atomic E-state index is 11.1. The Labute approximate surface area is 135 Å². The summed E-state index contributed by atoms with van der Waals surface area (Å²) in [4.78, 5) is 21.3. The van der Waals surface area contributed by atoms with Gasteiger partial charge >= 0.3 is 5.97 Å². The Balaban J connectivity index is 2.01. The summed E-state index contributed by atoms with van der Waals surface area (Å²) in [6, 6.07) is 8.08. The Bertz CT molecular complexity index is 614. The summed E-state index contributed by atoms with van der Waals surface area (Å²) >= 11 is 1.80. The normalized spacial score (nSPS) is 10.5. The van der Waals surface area contributed by atoms with Gasteiger partial charge in [-0.1, -0.05) is 13.0 Å². The predicted octanol–water partition coefficient (Wildman–Crippen LogP) is 3.29. The van der Waals surface area contributed by atoms with Gasteiger partial charge in [-0.15, -0.1) is 11.8 Å². The molecule has 0 N–H and O–H groups in total. The lowest BCUT2D eigenvalue weighted by atomic mass is 10.1. The van der Waals surface area contributed by atoms with Gasteiger partial charge in [-0.3, -0.25) is 14.8 Å². The van der Waals surface area contributed by atoms with Crippen molar-refractivity contribution in [1.29, 1.82) is 0 Å². The van der Waals surface area contributed by atoms with E-state index in [0.717, 1.165) is 29.1 Å². The highest BCUT2D eigenvalue weighted by molar-refractivity contribution is 7.99. The number of aryl methyl sites for hydroxylation is 1. The molecule has 2 aromatic heterocycles. The number of nitrogens with zero attached hydrogens (tertiary/aromatic N) is 2. The highest BCUT2D eigenvalue weighted by Gasteiger charge is 2.06. The number of ether oxygens (including phenoxy) is 1. The van der Waals surface area contributed by atoms with E-state index >= 15 is 0 Å². The Hall–Kier alpha value is -1.88. The number of rotatable bonds is 7. The van der Waals surface area contributed by atoms with Crippen molar-refractivity contribution in [3.8, 4) is 0 Å². The van der Waals surface area contributed by atoms with E-state index in [0.29, 0.717) is 12.8 Å². The van der Waals surface area contributed by atoms with Crippen LogP contribution in [0.4, 0.5) is 0 Å². The second-order valence-corrected chi connectivity index (χ2v) is 6.10. The van der Waals surface area contributed by atoms with Gasteiger partial charge in [-0.25, -0.2) is 0 Å². The van der Waals surface area contributed by atoms with E-state index in [2.05, 4.69) is 27.7 Å². The summed E-state index contributed by atoms with van der Waals surface area (Å²) in [5.74, 6) is 0.831. The number of esters is 1. The zero-order chi connectivity index (χ0) is 15.8. The molecule has 116 valence electrons. The average Bonchev–Trinajstić information content (AvgIpc) is 2.56. The van der Waals surface area contributed by atoms with E-state index < -0.39 is 0 Å². The van der Waals surface area contributed by atoms with Crippen LogP contribution in [0.1, 0.15) is 30.3 Å². The molecule has 22 heavy (non-hydrogen) atoms. The summed E-state index contributed by atoms with van der Waals surface area (Å²) in [6.07, 6.45) is 5.41. The first-order chi connectivity index (χ1) is 10.7. The summed E-state index contributed by atoms with van der Waals surface area (Å²) in [5.41, 5.74) is 3.08. The standard InChI is InChI=1S/C17H20N2O2S/c1-3-22-16-5-4-10-18-15(16)11-14-8-6-13(12-19-14)7-9-17(20)21-2/h4-6,8,10,12H,3,7,9,11H2,1-2H3. The molecular weight excluding hydrogens is 296 g/mol. The van der Waals surface area contributed by atoms with Gasteiger partial charge in [-0.2, -0.15) is 0 Å². The third kappa shape index (κ3) is 4.84. The van der Waals surface area contributed by atoms with Gasteiger partial charge in [0.1, 0.15) is 0 Å². The molecule has 4 nitrogen and oxygen atoms in total. The maximum absolute atomic E-state index is 11.1. The van der Waals surface area contributed by atoms with Gasteiger partial charge in [0.2, 0.25) is 0 Å². The van der Waals surface area contributed by atoms with Crippen LogP contribution < -0.4 is 0 Å². The highest BCUT2D eigenvalue weighted by atomic mass is 32.2. The third-order valence-electron chi connectivity index (χ3n) is 3.23. The number of methoxy groups -OCH3 is 1. The van der Waals surface area contributed by atoms with Crippen LogP contribution in [0.3, 0.4) is 0 Å². The molecule has 0 saturated heterocycles. The number of pyridine rings is 2. The van der Waals surface area contributed by atoms with Crippen LogP contribution in [0.15, 0.2) is 41.6 Å². The third-order valence-corrected chi connectivity index (χ3v) is 4.20. The zero-order valence-electron chi connectivity index (χ0n) is 12.9. The molecule has 2 rings (SSSR count). The van der Waals surface area contributed by atoms with Gasteiger partial charge in [0.25, 0.3) is 0 Å². The topological polar surface area (TPSA) is 52.1 Å². The van der Waals surface area contributed by atoms with Gasteiger partial charge in [0.05, 0.1) is 12.8 Å². The smallest absolute Gasteiger partial charge is 0.305 e. The lowest BCUT2D eigenvalue weighted by Crippen LogP contribution is -2.03. The molecule has 0 unspecified atom stereocenters. The van der Waals surface area contributed by atoms with E-state index in [1.165, 1.54) is 12.0 Å². The molecule has 0 amide bonds. The first-order valence-electron chi connectivity index (χ1n) is 7.30. The van der Waals surface area contributed by atoms with E-state index in [1.54, 1.807) is 11.8 Å². The van der Waals surface area contributed by atoms with Crippen molar-refractivity contribution in [2.75, 3.05) is 12.9 Å². The Morgan fingerprint density at radius 3 is 2.82 bits per heavy atom. The number of thioether (sulfide) groups is 1. The molecule has 0 saturated carbocycles. The van der Waals surface area contributed by atoms with Crippen LogP contribution in [-0.2, 0) is 22.4 Å². The fourth-order valence-electron chi connectivity index (χ4n) is 2.07. The van der Waals surface area contributed by atoms with Crippen molar-refractivity contribution in [3.63, 3.8) is 0 Å². The van der Waals surface area contributed by atoms with Gasteiger partial charge in [0.15, 0.2) is 0 Å². The van der Waals surface area contributed by atoms with Crippen LogP contribution in [-0.4, -0.2) is 28.8 Å². The monoisotopic (exact) mass is 316 g/mol. The fraction of sp³-hybridized carbons (Fsp3) is 0.353. The molecule has 2 heterocycles. The predicted molar refractivity (Wildman–Crippen MR) is 88.0 cm³/mol. The van der Waals surface area contributed by atoms with E-state index in [9.17, 15) is 4.79 Å².